The number of carbonyl (C=O) groups is 2. The van der Waals surface area contributed by atoms with E-state index < -0.39 is 5.97 Å². The van der Waals surface area contributed by atoms with Gasteiger partial charge >= 0.3 is 5.97 Å². The zero-order chi connectivity index (χ0) is 10.6. The summed E-state index contributed by atoms with van der Waals surface area (Å²) in [6.45, 7) is 1.71. The molecule has 0 aliphatic carbocycles. The Hall–Kier alpha value is -0.900. The Bertz CT molecular complexity index is 227. The molecule has 1 aliphatic rings. The zero-order valence-corrected chi connectivity index (χ0v) is 8.53. The van der Waals surface area contributed by atoms with Crippen LogP contribution in [0.15, 0.2) is 0 Å². The lowest BCUT2D eigenvalue weighted by Crippen LogP contribution is -2.18. The highest BCUT2D eigenvalue weighted by Crippen LogP contribution is 2.18. The lowest BCUT2D eigenvalue weighted by Gasteiger charge is -2.12. The molecular weight excluding hydrogens is 182 g/mol. The molecule has 4 nitrogen and oxygen atoms in total. The predicted molar refractivity (Wildman–Crippen MR) is 52.1 cm³/mol. The van der Waals surface area contributed by atoms with E-state index in [1.807, 2.05) is 7.05 Å². The van der Waals surface area contributed by atoms with Crippen LogP contribution in [0.3, 0.4) is 0 Å². The van der Waals surface area contributed by atoms with Gasteiger partial charge in [0.1, 0.15) is 5.78 Å². The van der Waals surface area contributed by atoms with Crippen LogP contribution in [0.25, 0.3) is 0 Å². The highest BCUT2D eigenvalue weighted by Gasteiger charge is 2.22. The first-order valence-electron chi connectivity index (χ1n) is 5.02. The second-order valence-electron chi connectivity index (χ2n) is 3.94. The first kappa shape index (κ1) is 11.2. The van der Waals surface area contributed by atoms with Crippen LogP contribution in [0, 0.1) is 5.92 Å². The molecule has 80 valence electrons. The van der Waals surface area contributed by atoms with Gasteiger partial charge in [0, 0.05) is 25.3 Å². The van der Waals surface area contributed by atoms with E-state index in [2.05, 4.69) is 4.90 Å². The summed E-state index contributed by atoms with van der Waals surface area (Å²) < 4.78 is 0. The van der Waals surface area contributed by atoms with Crippen LogP contribution in [0.1, 0.15) is 25.7 Å². The zero-order valence-electron chi connectivity index (χ0n) is 8.53. The van der Waals surface area contributed by atoms with E-state index in [-0.39, 0.29) is 18.1 Å². The molecule has 1 saturated heterocycles. The number of likely N-dealkylation sites (tertiary alicyclic amines) is 1. The minimum Gasteiger partial charge on any atom is -0.481 e. The molecule has 0 aromatic heterocycles. The van der Waals surface area contributed by atoms with Crippen molar-refractivity contribution in [1.29, 1.82) is 0 Å². The van der Waals surface area contributed by atoms with E-state index >= 15 is 0 Å². The maximum Gasteiger partial charge on any atom is 0.303 e. The number of nitrogens with zero attached hydrogens (tertiary/aromatic N) is 1. The maximum absolute atomic E-state index is 11.6. The molecule has 14 heavy (non-hydrogen) atoms. The van der Waals surface area contributed by atoms with Gasteiger partial charge in [0.15, 0.2) is 0 Å². The number of Topliss-reactive ketones (excluding diaryl/α,β-unsaturated/α-hetero) is 1. The van der Waals surface area contributed by atoms with Gasteiger partial charge in [-0.3, -0.25) is 9.59 Å². The second-order valence-corrected chi connectivity index (χ2v) is 3.94. The first-order chi connectivity index (χ1) is 6.59. The number of hydrogen-bond acceptors (Lipinski definition) is 3. The average Bonchev–Trinajstić information content (AvgIpc) is 2.27. The summed E-state index contributed by atoms with van der Waals surface area (Å²) in [5, 5.41) is 8.53. The molecule has 1 aliphatic heterocycles. The Labute approximate surface area is 83.9 Å². The fourth-order valence-electron chi connectivity index (χ4n) is 1.76. The highest BCUT2D eigenvalue weighted by atomic mass is 16.4. The van der Waals surface area contributed by atoms with Gasteiger partial charge in [0.25, 0.3) is 0 Å². The summed E-state index contributed by atoms with van der Waals surface area (Å²) in [5.74, 6) is -0.609. The number of ketones is 1. The first-order valence-corrected chi connectivity index (χ1v) is 5.02. The van der Waals surface area contributed by atoms with Crippen molar-refractivity contribution in [3.63, 3.8) is 0 Å². The minimum atomic E-state index is -0.810. The minimum absolute atomic E-state index is 0.0314. The third-order valence-corrected chi connectivity index (χ3v) is 2.76. The van der Waals surface area contributed by atoms with E-state index in [4.69, 9.17) is 5.11 Å². The monoisotopic (exact) mass is 199 g/mol. The van der Waals surface area contributed by atoms with Gasteiger partial charge in [-0.25, -0.2) is 0 Å². The van der Waals surface area contributed by atoms with E-state index in [0.717, 1.165) is 19.5 Å². The SMILES string of the molecule is CN1CCC(=O)C(CCC(=O)O)CC1. The standard InChI is InChI=1S/C10H17NO3/c1-11-6-4-8(2-3-10(13)14)9(12)5-7-11/h8H,2-7H2,1H3,(H,13,14). The highest BCUT2D eigenvalue weighted by molar-refractivity contribution is 5.82. The quantitative estimate of drug-likeness (QED) is 0.729. The lowest BCUT2D eigenvalue weighted by molar-refractivity contribution is -0.137. The molecule has 1 unspecified atom stereocenters. The number of carboxylic acid groups (broad SMARTS) is 1. The van der Waals surface area contributed by atoms with E-state index in [0.29, 0.717) is 12.8 Å². The van der Waals surface area contributed by atoms with Gasteiger partial charge < -0.3 is 10.0 Å². The Morgan fingerprint density at radius 2 is 2.29 bits per heavy atom. The molecule has 1 N–H and O–H groups in total. The molecule has 1 rings (SSSR count). The van der Waals surface area contributed by atoms with Crippen molar-refractivity contribution in [2.75, 3.05) is 20.1 Å². The van der Waals surface area contributed by atoms with Crippen molar-refractivity contribution in [2.24, 2.45) is 5.92 Å². The molecule has 1 fully saturated rings. The molecule has 0 aromatic carbocycles. The molecule has 0 spiro atoms. The van der Waals surface area contributed by atoms with Crippen LogP contribution in [0.4, 0.5) is 0 Å². The third-order valence-electron chi connectivity index (χ3n) is 2.76. The van der Waals surface area contributed by atoms with Crippen molar-refractivity contribution in [3.05, 3.63) is 0 Å². The van der Waals surface area contributed by atoms with Crippen LogP contribution in [-0.4, -0.2) is 41.9 Å². The maximum atomic E-state index is 11.6. The van der Waals surface area contributed by atoms with Crippen molar-refractivity contribution in [2.45, 2.75) is 25.7 Å². The van der Waals surface area contributed by atoms with Crippen molar-refractivity contribution in [3.8, 4) is 0 Å². The van der Waals surface area contributed by atoms with Gasteiger partial charge in [0.05, 0.1) is 0 Å². The summed E-state index contributed by atoms with van der Waals surface area (Å²) in [6, 6.07) is 0. The smallest absolute Gasteiger partial charge is 0.303 e. The molecule has 0 saturated carbocycles. The number of rotatable bonds is 3. The molecule has 0 amide bonds. The van der Waals surface area contributed by atoms with Crippen LogP contribution >= 0.6 is 0 Å². The molecular formula is C10H17NO3. The van der Waals surface area contributed by atoms with Gasteiger partial charge in [-0.1, -0.05) is 0 Å². The largest absolute Gasteiger partial charge is 0.481 e. The third kappa shape index (κ3) is 3.46. The van der Waals surface area contributed by atoms with E-state index in [1.54, 1.807) is 0 Å². The molecule has 4 heteroatoms. The number of carboxylic acids is 1. The molecule has 0 aromatic rings. The van der Waals surface area contributed by atoms with Gasteiger partial charge in [-0.2, -0.15) is 0 Å². The summed E-state index contributed by atoms with van der Waals surface area (Å²) >= 11 is 0. The van der Waals surface area contributed by atoms with Crippen molar-refractivity contribution < 1.29 is 14.7 Å². The summed E-state index contributed by atoms with van der Waals surface area (Å²) in [5.41, 5.74) is 0. The van der Waals surface area contributed by atoms with Crippen LogP contribution in [0.5, 0.6) is 0 Å². The fourth-order valence-corrected chi connectivity index (χ4v) is 1.76. The summed E-state index contributed by atoms with van der Waals surface area (Å²) in [4.78, 5) is 24.1. The Kier molecular flexibility index (Phi) is 4.07. The summed E-state index contributed by atoms with van der Waals surface area (Å²) in [6.07, 6.45) is 1.99. The van der Waals surface area contributed by atoms with E-state index in [9.17, 15) is 9.59 Å². The van der Waals surface area contributed by atoms with Gasteiger partial charge in [-0.05, 0) is 26.4 Å². The van der Waals surface area contributed by atoms with Crippen molar-refractivity contribution >= 4 is 11.8 Å². The number of hydrogen-bond donors (Lipinski definition) is 1. The van der Waals surface area contributed by atoms with Crippen molar-refractivity contribution in [1.82, 2.24) is 4.90 Å². The van der Waals surface area contributed by atoms with Gasteiger partial charge in [-0.15, -0.1) is 0 Å². The lowest BCUT2D eigenvalue weighted by atomic mass is 9.94. The van der Waals surface area contributed by atoms with Crippen LogP contribution in [-0.2, 0) is 9.59 Å². The number of carbonyl (C=O) groups excluding carboxylic acids is 1. The number of aliphatic carboxylic acids is 1. The molecule has 0 bridgehead atoms. The Morgan fingerprint density at radius 1 is 1.57 bits per heavy atom. The van der Waals surface area contributed by atoms with Crippen LogP contribution in [0.2, 0.25) is 0 Å². The second kappa shape index (κ2) is 5.10. The van der Waals surface area contributed by atoms with E-state index in [1.165, 1.54) is 0 Å². The molecule has 1 heterocycles. The Morgan fingerprint density at radius 3 is 2.93 bits per heavy atom. The normalized spacial score (nSPS) is 24.6. The van der Waals surface area contributed by atoms with Crippen LogP contribution < -0.4 is 0 Å². The Balaban J connectivity index is 2.41. The molecule has 1 atom stereocenters. The predicted octanol–water partition coefficient (Wildman–Crippen LogP) is 0.762. The molecule has 0 radical (unpaired) electrons. The average molecular weight is 199 g/mol. The van der Waals surface area contributed by atoms with Gasteiger partial charge in [0.2, 0.25) is 0 Å². The fraction of sp³-hybridized carbons (Fsp3) is 0.800. The topological polar surface area (TPSA) is 57.6 Å². The summed E-state index contributed by atoms with van der Waals surface area (Å²) in [7, 11) is 1.99.